The highest BCUT2D eigenvalue weighted by molar-refractivity contribution is 5.90. The van der Waals surface area contributed by atoms with Crippen molar-refractivity contribution in [3.8, 4) is 11.5 Å². The van der Waals surface area contributed by atoms with Crippen molar-refractivity contribution in [3.63, 3.8) is 0 Å². The van der Waals surface area contributed by atoms with Crippen LogP contribution in [0.4, 0.5) is 0 Å². The number of aromatic nitrogens is 4. The highest BCUT2D eigenvalue weighted by atomic mass is 16.5. The van der Waals surface area contributed by atoms with Gasteiger partial charge in [0, 0.05) is 13.1 Å². The monoisotopic (exact) mass is 458 g/mol. The number of H-pyrrole nitrogens is 1. The molecule has 0 radical (unpaired) electrons. The Morgan fingerprint density at radius 3 is 2.42 bits per heavy atom. The molecule has 10 heteroatoms. The molecular formula is C23H30N4O6. The summed E-state index contributed by atoms with van der Waals surface area (Å²) in [6.07, 6.45) is 1.65. The number of nitrogens with zero attached hydrogens (tertiary/aromatic N) is 3. The van der Waals surface area contributed by atoms with Crippen LogP contribution < -0.4 is 20.7 Å². The summed E-state index contributed by atoms with van der Waals surface area (Å²) in [5, 5.41) is 0. The standard InChI is InChI=1S/C23H30N4O6/c1-5-9-12-27-20-19(21(28)25-23(27)30)26(6-2)18(24-20)14-33-22(29)15-10-11-16(31-7-3)17(13-15)32-8-4/h10-11,13H,5-9,12,14H2,1-4H3,(H,25,28,30). The maximum atomic E-state index is 12.7. The fourth-order valence-electron chi connectivity index (χ4n) is 3.58. The molecule has 0 unspecified atom stereocenters. The summed E-state index contributed by atoms with van der Waals surface area (Å²) in [6, 6.07) is 4.84. The first-order valence-electron chi connectivity index (χ1n) is 11.2. The molecule has 178 valence electrons. The van der Waals surface area contributed by atoms with Crippen molar-refractivity contribution in [3.05, 3.63) is 50.4 Å². The number of aromatic amines is 1. The van der Waals surface area contributed by atoms with Crippen LogP contribution in [0, 0.1) is 0 Å². The lowest BCUT2D eigenvalue weighted by atomic mass is 10.2. The van der Waals surface area contributed by atoms with Gasteiger partial charge >= 0.3 is 11.7 Å². The SMILES string of the molecule is CCCCn1c(=O)[nH]c(=O)c2c1nc(COC(=O)c1ccc(OCC)c(OCC)c1)n2CC. The smallest absolute Gasteiger partial charge is 0.338 e. The van der Waals surface area contributed by atoms with Gasteiger partial charge < -0.3 is 18.8 Å². The minimum Gasteiger partial charge on any atom is -0.490 e. The third-order valence-corrected chi connectivity index (χ3v) is 5.13. The number of carbonyl (C=O) groups excluding carboxylic acids is 1. The quantitative estimate of drug-likeness (QED) is 0.439. The Morgan fingerprint density at radius 1 is 1.03 bits per heavy atom. The van der Waals surface area contributed by atoms with Gasteiger partial charge in [0.1, 0.15) is 12.4 Å². The van der Waals surface area contributed by atoms with E-state index in [-0.39, 0.29) is 6.61 Å². The van der Waals surface area contributed by atoms with Gasteiger partial charge in [-0.05, 0) is 45.4 Å². The number of esters is 1. The molecule has 2 aromatic heterocycles. The molecule has 1 N–H and O–H groups in total. The lowest BCUT2D eigenvalue weighted by molar-refractivity contribution is 0.0458. The molecule has 0 bridgehead atoms. The second kappa shape index (κ2) is 10.8. The van der Waals surface area contributed by atoms with Crippen LogP contribution in [0.15, 0.2) is 27.8 Å². The van der Waals surface area contributed by atoms with Crippen LogP contribution in [-0.4, -0.2) is 38.3 Å². The average Bonchev–Trinajstić information content (AvgIpc) is 3.17. The Labute approximate surface area is 191 Å². The van der Waals surface area contributed by atoms with E-state index in [0.29, 0.717) is 60.4 Å². The number of fused-ring (bicyclic) bond motifs is 1. The van der Waals surface area contributed by atoms with E-state index in [0.717, 1.165) is 12.8 Å². The number of benzene rings is 1. The molecule has 0 aliphatic heterocycles. The van der Waals surface area contributed by atoms with Crippen molar-refractivity contribution in [2.24, 2.45) is 0 Å². The molecular weight excluding hydrogens is 428 g/mol. The number of hydrogen-bond donors (Lipinski definition) is 1. The van der Waals surface area contributed by atoms with E-state index in [1.807, 2.05) is 27.7 Å². The second-order valence-electron chi connectivity index (χ2n) is 7.31. The van der Waals surface area contributed by atoms with E-state index in [4.69, 9.17) is 14.2 Å². The third kappa shape index (κ3) is 5.10. The molecule has 2 heterocycles. The number of nitrogens with one attached hydrogen (secondary N) is 1. The zero-order valence-electron chi connectivity index (χ0n) is 19.5. The van der Waals surface area contributed by atoms with Gasteiger partial charge in [-0.1, -0.05) is 13.3 Å². The minimum atomic E-state index is -0.564. The minimum absolute atomic E-state index is 0.153. The van der Waals surface area contributed by atoms with E-state index in [9.17, 15) is 14.4 Å². The van der Waals surface area contributed by atoms with Gasteiger partial charge in [-0.2, -0.15) is 0 Å². The molecule has 0 spiro atoms. The highest BCUT2D eigenvalue weighted by Gasteiger charge is 2.19. The van der Waals surface area contributed by atoms with E-state index in [1.165, 1.54) is 4.57 Å². The number of unbranched alkanes of at least 4 members (excludes halogenated alkanes) is 1. The summed E-state index contributed by atoms with van der Waals surface area (Å²) in [6.45, 7) is 9.19. The molecule has 3 rings (SSSR count). The number of hydrogen-bond acceptors (Lipinski definition) is 7. The fourth-order valence-corrected chi connectivity index (χ4v) is 3.58. The molecule has 0 amide bonds. The predicted molar refractivity (Wildman–Crippen MR) is 123 cm³/mol. The summed E-state index contributed by atoms with van der Waals surface area (Å²) in [5.74, 6) is 0.832. The molecule has 1 aromatic carbocycles. The van der Waals surface area contributed by atoms with Crippen LogP contribution in [0.3, 0.4) is 0 Å². The number of aryl methyl sites for hydroxylation is 2. The largest absolute Gasteiger partial charge is 0.490 e. The molecule has 0 aliphatic carbocycles. The Morgan fingerprint density at radius 2 is 1.76 bits per heavy atom. The first-order chi connectivity index (χ1) is 15.9. The molecule has 0 aliphatic rings. The van der Waals surface area contributed by atoms with Gasteiger partial charge in [0.05, 0.1) is 18.8 Å². The number of imidazole rings is 1. The van der Waals surface area contributed by atoms with E-state index >= 15 is 0 Å². The maximum absolute atomic E-state index is 12.7. The second-order valence-corrected chi connectivity index (χ2v) is 7.31. The summed E-state index contributed by atoms with van der Waals surface area (Å²) < 4.78 is 19.7. The van der Waals surface area contributed by atoms with Gasteiger partial charge in [-0.15, -0.1) is 0 Å². The molecule has 0 saturated carbocycles. The van der Waals surface area contributed by atoms with Crippen LogP contribution in [-0.2, 0) is 24.4 Å². The lowest BCUT2D eigenvalue weighted by Gasteiger charge is -2.12. The van der Waals surface area contributed by atoms with Crippen molar-refractivity contribution in [2.45, 2.75) is 60.2 Å². The van der Waals surface area contributed by atoms with Crippen molar-refractivity contribution in [1.29, 1.82) is 0 Å². The lowest BCUT2D eigenvalue weighted by Crippen LogP contribution is -2.31. The van der Waals surface area contributed by atoms with E-state index in [2.05, 4.69) is 9.97 Å². The molecule has 0 saturated heterocycles. The molecule has 0 fully saturated rings. The average molecular weight is 459 g/mol. The van der Waals surface area contributed by atoms with Gasteiger partial charge in [-0.25, -0.2) is 14.6 Å². The predicted octanol–water partition coefficient (Wildman–Crippen LogP) is 2.86. The van der Waals surface area contributed by atoms with Gasteiger partial charge in [-0.3, -0.25) is 14.3 Å². The molecule has 0 atom stereocenters. The molecule has 10 nitrogen and oxygen atoms in total. The highest BCUT2D eigenvalue weighted by Crippen LogP contribution is 2.29. The van der Waals surface area contributed by atoms with Gasteiger partial charge in [0.15, 0.2) is 22.7 Å². The Kier molecular flexibility index (Phi) is 7.92. The third-order valence-electron chi connectivity index (χ3n) is 5.13. The van der Waals surface area contributed by atoms with Crippen molar-refractivity contribution >= 4 is 17.1 Å². The summed E-state index contributed by atoms with van der Waals surface area (Å²) in [5.41, 5.74) is -0.117. The Balaban J connectivity index is 1.90. The number of carbonyl (C=O) groups is 1. The van der Waals surface area contributed by atoms with Crippen molar-refractivity contribution in [2.75, 3.05) is 13.2 Å². The summed E-state index contributed by atoms with van der Waals surface area (Å²) >= 11 is 0. The Bertz CT molecular complexity index is 1240. The van der Waals surface area contributed by atoms with Gasteiger partial charge in [0.25, 0.3) is 5.56 Å². The van der Waals surface area contributed by atoms with Crippen LogP contribution in [0.25, 0.3) is 11.2 Å². The van der Waals surface area contributed by atoms with Crippen LogP contribution >= 0.6 is 0 Å². The first-order valence-corrected chi connectivity index (χ1v) is 11.2. The number of ether oxygens (including phenoxy) is 3. The van der Waals surface area contributed by atoms with Crippen LogP contribution in [0.5, 0.6) is 11.5 Å². The topological polar surface area (TPSA) is 117 Å². The number of rotatable bonds is 11. The zero-order valence-corrected chi connectivity index (χ0v) is 19.5. The van der Waals surface area contributed by atoms with Crippen LogP contribution in [0.1, 0.15) is 56.7 Å². The first kappa shape index (κ1) is 24.1. The maximum Gasteiger partial charge on any atom is 0.338 e. The van der Waals surface area contributed by atoms with E-state index in [1.54, 1.807) is 22.8 Å². The molecule has 3 aromatic rings. The zero-order chi connectivity index (χ0) is 24.0. The fraction of sp³-hybridized carbons (Fsp3) is 0.478. The summed E-state index contributed by atoms with van der Waals surface area (Å²) in [7, 11) is 0. The van der Waals surface area contributed by atoms with E-state index < -0.39 is 17.2 Å². The van der Waals surface area contributed by atoms with Crippen LogP contribution in [0.2, 0.25) is 0 Å². The van der Waals surface area contributed by atoms with Gasteiger partial charge in [0.2, 0.25) is 0 Å². The Hall–Kier alpha value is -3.56. The summed E-state index contributed by atoms with van der Waals surface area (Å²) in [4.78, 5) is 44.4. The molecule has 33 heavy (non-hydrogen) atoms. The van der Waals surface area contributed by atoms with Crippen molar-refractivity contribution in [1.82, 2.24) is 19.1 Å². The normalized spacial score (nSPS) is 11.0. The van der Waals surface area contributed by atoms with Crippen molar-refractivity contribution < 1.29 is 19.0 Å².